The summed E-state index contributed by atoms with van der Waals surface area (Å²) in [5, 5.41) is 9.34. The van der Waals surface area contributed by atoms with Crippen molar-refractivity contribution >= 4 is 28.7 Å². The SMILES string of the molecule is O=C(O)CCC(=O)NNC(=O)c1ccc2ccccc2n1. The number of carboxylic acids is 1. The first-order valence-electron chi connectivity index (χ1n) is 6.23. The molecule has 0 atom stereocenters. The Bertz CT molecular complexity index is 699. The van der Waals surface area contributed by atoms with Crippen LogP contribution in [0, 0.1) is 0 Å². The van der Waals surface area contributed by atoms with Gasteiger partial charge >= 0.3 is 5.97 Å². The zero-order chi connectivity index (χ0) is 15.2. The minimum atomic E-state index is -1.08. The van der Waals surface area contributed by atoms with E-state index in [-0.39, 0.29) is 18.5 Å². The van der Waals surface area contributed by atoms with Crippen LogP contribution in [-0.4, -0.2) is 27.9 Å². The summed E-state index contributed by atoms with van der Waals surface area (Å²) in [7, 11) is 0. The molecule has 1 aromatic heterocycles. The average molecular weight is 287 g/mol. The van der Waals surface area contributed by atoms with E-state index in [9.17, 15) is 14.4 Å². The molecule has 2 amide bonds. The number of nitrogens with zero attached hydrogens (tertiary/aromatic N) is 1. The Labute approximate surface area is 120 Å². The zero-order valence-electron chi connectivity index (χ0n) is 11.0. The van der Waals surface area contributed by atoms with Crippen molar-refractivity contribution < 1.29 is 19.5 Å². The van der Waals surface area contributed by atoms with Crippen LogP contribution < -0.4 is 10.9 Å². The van der Waals surface area contributed by atoms with E-state index in [1.807, 2.05) is 18.2 Å². The van der Waals surface area contributed by atoms with Crippen molar-refractivity contribution in [3.63, 3.8) is 0 Å². The van der Waals surface area contributed by atoms with Crippen molar-refractivity contribution in [2.24, 2.45) is 0 Å². The van der Waals surface area contributed by atoms with Gasteiger partial charge in [-0.3, -0.25) is 25.2 Å². The lowest BCUT2D eigenvalue weighted by Crippen LogP contribution is -2.42. The molecule has 0 saturated carbocycles. The maximum Gasteiger partial charge on any atom is 0.303 e. The van der Waals surface area contributed by atoms with E-state index < -0.39 is 17.8 Å². The normalized spacial score (nSPS) is 10.1. The summed E-state index contributed by atoms with van der Waals surface area (Å²) in [5.74, 6) is -2.22. The number of carbonyl (C=O) groups is 3. The molecule has 7 nitrogen and oxygen atoms in total. The molecule has 1 heterocycles. The van der Waals surface area contributed by atoms with Crippen LogP contribution in [-0.2, 0) is 9.59 Å². The topological polar surface area (TPSA) is 108 Å². The third-order valence-electron chi connectivity index (χ3n) is 2.71. The summed E-state index contributed by atoms with van der Waals surface area (Å²) < 4.78 is 0. The molecule has 7 heteroatoms. The summed E-state index contributed by atoms with van der Waals surface area (Å²) in [6.45, 7) is 0. The molecular formula is C14H13N3O4. The number of hydrazine groups is 1. The molecule has 21 heavy (non-hydrogen) atoms. The maximum absolute atomic E-state index is 11.8. The number of nitrogens with one attached hydrogen (secondary N) is 2. The van der Waals surface area contributed by atoms with E-state index in [0.29, 0.717) is 5.52 Å². The second-order valence-electron chi connectivity index (χ2n) is 4.29. The van der Waals surface area contributed by atoms with Crippen LogP contribution in [0.5, 0.6) is 0 Å². The summed E-state index contributed by atoms with van der Waals surface area (Å²) in [5.41, 5.74) is 5.16. The number of fused-ring (bicyclic) bond motifs is 1. The van der Waals surface area contributed by atoms with Gasteiger partial charge in [-0.25, -0.2) is 4.98 Å². The molecule has 0 aliphatic heterocycles. The van der Waals surface area contributed by atoms with Gasteiger partial charge in [-0.15, -0.1) is 0 Å². The predicted octanol–water partition coefficient (Wildman–Crippen LogP) is 0.861. The molecule has 0 fully saturated rings. The van der Waals surface area contributed by atoms with Crippen LogP contribution in [0.1, 0.15) is 23.3 Å². The molecule has 2 rings (SSSR count). The third kappa shape index (κ3) is 4.00. The molecule has 0 aliphatic carbocycles. The van der Waals surface area contributed by atoms with E-state index in [2.05, 4.69) is 15.8 Å². The Morgan fingerprint density at radius 1 is 1.00 bits per heavy atom. The van der Waals surface area contributed by atoms with Gasteiger partial charge in [0.05, 0.1) is 11.9 Å². The first-order valence-corrected chi connectivity index (χ1v) is 6.23. The van der Waals surface area contributed by atoms with Crippen LogP contribution in [0.4, 0.5) is 0 Å². The molecule has 0 unspecified atom stereocenters. The summed E-state index contributed by atoms with van der Waals surface area (Å²) in [6.07, 6.45) is -0.503. The summed E-state index contributed by atoms with van der Waals surface area (Å²) in [6, 6.07) is 10.6. The number of aliphatic carboxylic acids is 1. The van der Waals surface area contributed by atoms with Crippen molar-refractivity contribution in [1.29, 1.82) is 0 Å². The van der Waals surface area contributed by atoms with Gasteiger partial charge in [0, 0.05) is 11.8 Å². The molecule has 1 aromatic carbocycles. The number of hydrogen-bond acceptors (Lipinski definition) is 4. The quantitative estimate of drug-likeness (QED) is 0.723. The average Bonchev–Trinajstić information content (AvgIpc) is 2.50. The molecule has 0 saturated heterocycles. The fraction of sp³-hybridized carbons (Fsp3) is 0.143. The minimum absolute atomic E-state index is 0.159. The molecule has 0 radical (unpaired) electrons. The van der Waals surface area contributed by atoms with Gasteiger partial charge in [0.1, 0.15) is 5.69 Å². The molecule has 2 aromatic rings. The number of carboxylic acid groups (broad SMARTS) is 1. The van der Waals surface area contributed by atoms with Gasteiger partial charge in [0.25, 0.3) is 5.91 Å². The smallest absolute Gasteiger partial charge is 0.303 e. The second-order valence-corrected chi connectivity index (χ2v) is 4.29. The highest BCUT2D eigenvalue weighted by Crippen LogP contribution is 2.11. The number of carbonyl (C=O) groups excluding carboxylic acids is 2. The highest BCUT2D eigenvalue weighted by molar-refractivity contribution is 5.96. The Kier molecular flexibility index (Phi) is 4.45. The van der Waals surface area contributed by atoms with Gasteiger partial charge < -0.3 is 5.11 Å². The van der Waals surface area contributed by atoms with Crippen molar-refractivity contribution in [2.45, 2.75) is 12.8 Å². The second kappa shape index (κ2) is 6.47. The van der Waals surface area contributed by atoms with Gasteiger partial charge in [-0.1, -0.05) is 24.3 Å². The largest absolute Gasteiger partial charge is 0.481 e. The lowest BCUT2D eigenvalue weighted by molar-refractivity contribution is -0.138. The number of pyridine rings is 1. The van der Waals surface area contributed by atoms with Crippen molar-refractivity contribution in [3.8, 4) is 0 Å². The Hall–Kier alpha value is -2.96. The van der Waals surface area contributed by atoms with E-state index >= 15 is 0 Å². The molecule has 3 N–H and O–H groups in total. The van der Waals surface area contributed by atoms with Crippen molar-refractivity contribution in [2.75, 3.05) is 0 Å². The number of amides is 2. The third-order valence-corrected chi connectivity index (χ3v) is 2.71. The molecule has 0 aliphatic rings. The number of hydrogen-bond donors (Lipinski definition) is 3. The maximum atomic E-state index is 11.8. The monoisotopic (exact) mass is 287 g/mol. The predicted molar refractivity (Wildman–Crippen MR) is 74.2 cm³/mol. The highest BCUT2D eigenvalue weighted by Gasteiger charge is 2.10. The van der Waals surface area contributed by atoms with E-state index in [1.54, 1.807) is 18.2 Å². The zero-order valence-corrected chi connectivity index (χ0v) is 11.0. The molecule has 0 bridgehead atoms. The van der Waals surface area contributed by atoms with Crippen LogP contribution in [0.3, 0.4) is 0 Å². The van der Waals surface area contributed by atoms with E-state index in [4.69, 9.17) is 5.11 Å². The lowest BCUT2D eigenvalue weighted by Gasteiger charge is -2.06. The van der Waals surface area contributed by atoms with Crippen LogP contribution in [0.15, 0.2) is 36.4 Å². The molecule has 0 spiro atoms. The fourth-order valence-electron chi connectivity index (χ4n) is 1.67. The standard InChI is InChI=1S/C14H13N3O4/c18-12(7-8-13(19)20)16-17-14(21)11-6-5-9-3-1-2-4-10(9)15-11/h1-6H,7-8H2,(H,16,18)(H,17,21)(H,19,20). The van der Waals surface area contributed by atoms with Gasteiger partial charge in [0.15, 0.2) is 0 Å². The Morgan fingerprint density at radius 2 is 1.76 bits per heavy atom. The number of para-hydroxylation sites is 1. The Morgan fingerprint density at radius 3 is 2.52 bits per heavy atom. The van der Waals surface area contributed by atoms with Crippen LogP contribution >= 0.6 is 0 Å². The number of rotatable bonds is 4. The molecule has 108 valence electrons. The fourth-order valence-corrected chi connectivity index (χ4v) is 1.67. The van der Waals surface area contributed by atoms with E-state index in [0.717, 1.165) is 5.39 Å². The lowest BCUT2D eigenvalue weighted by atomic mass is 10.2. The number of aromatic nitrogens is 1. The van der Waals surface area contributed by atoms with Crippen LogP contribution in [0.2, 0.25) is 0 Å². The summed E-state index contributed by atoms with van der Waals surface area (Å²) in [4.78, 5) is 37.6. The van der Waals surface area contributed by atoms with Gasteiger partial charge in [-0.2, -0.15) is 0 Å². The first kappa shape index (κ1) is 14.4. The number of benzene rings is 1. The Balaban J connectivity index is 1.95. The van der Waals surface area contributed by atoms with E-state index in [1.165, 1.54) is 0 Å². The highest BCUT2D eigenvalue weighted by atomic mass is 16.4. The van der Waals surface area contributed by atoms with Gasteiger partial charge in [-0.05, 0) is 12.1 Å². The minimum Gasteiger partial charge on any atom is -0.481 e. The van der Waals surface area contributed by atoms with Gasteiger partial charge in [0.2, 0.25) is 5.91 Å². The summed E-state index contributed by atoms with van der Waals surface area (Å²) >= 11 is 0. The van der Waals surface area contributed by atoms with Crippen molar-refractivity contribution in [3.05, 3.63) is 42.1 Å². The van der Waals surface area contributed by atoms with Crippen LogP contribution in [0.25, 0.3) is 10.9 Å². The van der Waals surface area contributed by atoms with Crippen molar-refractivity contribution in [1.82, 2.24) is 15.8 Å². The molecular weight excluding hydrogens is 274 g/mol. The first-order chi connectivity index (χ1) is 10.1.